The lowest BCUT2D eigenvalue weighted by molar-refractivity contribution is -0.923. The Kier molecular flexibility index (Phi) is 3.64. The normalized spacial score (nSPS) is 38.7. The number of hydrogen-bond acceptors (Lipinski definition) is 3. The lowest BCUT2D eigenvalue weighted by atomic mass is 9.61. The van der Waals surface area contributed by atoms with Crippen molar-refractivity contribution in [3.8, 4) is 5.75 Å². The molecule has 2 fully saturated rings. The van der Waals surface area contributed by atoms with E-state index in [9.17, 15) is 9.90 Å². The Labute approximate surface area is 165 Å². The summed E-state index contributed by atoms with van der Waals surface area (Å²) in [4.78, 5) is 12.1. The number of fused-ring (bicyclic) bond motifs is 2. The standard InChI is InChI=1S/C20H22N2O2.HI/c1-3-12-10-22(2)8-7-20-15-5-4-6-16(24)18(15)21-19(20)14(11-23)13(12)9-17(20)22;/h3-6,11,13,17H,7-10H2,1-2H3,(H-,21,23,24);1H/b12-3-;/t13-,17?,20+,22?;/m0./s1. The van der Waals surface area contributed by atoms with Crippen molar-refractivity contribution in [2.24, 2.45) is 5.92 Å². The number of nitrogens with one attached hydrogen (secondary N) is 1. The van der Waals surface area contributed by atoms with Gasteiger partial charge in [-0.05, 0) is 24.1 Å². The van der Waals surface area contributed by atoms with Crippen LogP contribution in [0.3, 0.4) is 0 Å². The van der Waals surface area contributed by atoms with Crippen LogP contribution in [0.4, 0.5) is 5.69 Å². The molecule has 5 rings (SSSR count). The number of carbonyl (C=O) groups is 1. The molecule has 4 aliphatic rings. The number of carbonyl (C=O) groups excluding carboxylic acids is 1. The summed E-state index contributed by atoms with van der Waals surface area (Å²) >= 11 is 0. The molecular formula is C20H23IN2O2. The van der Waals surface area contributed by atoms with Crippen LogP contribution in [0.1, 0.15) is 25.3 Å². The minimum absolute atomic E-state index is 0. The average Bonchev–Trinajstić information content (AvgIpc) is 3.09. The number of phenols is 1. The minimum atomic E-state index is -0.130. The number of anilines is 1. The first-order valence-corrected chi connectivity index (χ1v) is 8.84. The highest BCUT2D eigenvalue weighted by molar-refractivity contribution is 5.85. The largest absolute Gasteiger partial charge is 1.00 e. The molecule has 1 aromatic rings. The molecule has 1 aliphatic carbocycles. The number of rotatable bonds is 1. The summed E-state index contributed by atoms with van der Waals surface area (Å²) in [6, 6.07) is 6.27. The van der Waals surface area contributed by atoms with E-state index in [4.69, 9.17) is 0 Å². The zero-order valence-electron chi connectivity index (χ0n) is 14.6. The van der Waals surface area contributed by atoms with E-state index in [0.717, 1.165) is 53.7 Å². The van der Waals surface area contributed by atoms with Crippen molar-refractivity contribution >= 4 is 12.0 Å². The number of aromatic hydroxyl groups is 1. The summed E-state index contributed by atoms with van der Waals surface area (Å²) in [5.74, 6) is 0.518. The first-order valence-electron chi connectivity index (χ1n) is 8.84. The number of nitrogens with zero attached hydrogens (tertiary/aromatic N) is 1. The van der Waals surface area contributed by atoms with Gasteiger partial charge >= 0.3 is 0 Å². The van der Waals surface area contributed by atoms with Crippen LogP contribution in [0, 0.1) is 5.92 Å². The Morgan fingerprint density at radius 1 is 1.40 bits per heavy atom. The fourth-order valence-electron chi connectivity index (χ4n) is 6.12. The topological polar surface area (TPSA) is 49.3 Å². The molecular weight excluding hydrogens is 427 g/mol. The molecule has 4 nitrogen and oxygen atoms in total. The first kappa shape index (κ1) is 17.1. The maximum Gasteiger partial charge on any atom is 0.148 e. The summed E-state index contributed by atoms with van der Waals surface area (Å²) in [6.07, 6.45) is 5.34. The highest BCUT2D eigenvalue weighted by atomic mass is 127. The molecule has 0 amide bonds. The van der Waals surface area contributed by atoms with E-state index in [1.54, 1.807) is 6.07 Å². The van der Waals surface area contributed by atoms with Gasteiger partial charge in [-0.1, -0.05) is 18.2 Å². The Bertz CT molecular complexity index is 846. The van der Waals surface area contributed by atoms with Crippen molar-refractivity contribution in [1.82, 2.24) is 0 Å². The van der Waals surface area contributed by atoms with Gasteiger partial charge in [-0.25, -0.2) is 0 Å². The molecule has 25 heavy (non-hydrogen) atoms. The van der Waals surface area contributed by atoms with Crippen molar-refractivity contribution in [3.05, 3.63) is 46.7 Å². The van der Waals surface area contributed by atoms with Crippen LogP contribution >= 0.6 is 0 Å². The van der Waals surface area contributed by atoms with Gasteiger partial charge in [0.1, 0.15) is 24.6 Å². The van der Waals surface area contributed by atoms with Crippen LogP contribution < -0.4 is 29.3 Å². The van der Waals surface area contributed by atoms with Crippen molar-refractivity contribution in [3.63, 3.8) is 0 Å². The molecule has 3 heterocycles. The van der Waals surface area contributed by atoms with Crippen molar-refractivity contribution < 1.29 is 38.4 Å². The zero-order valence-corrected chi connectivity index (χ0v) is 16.7. The van der Waals surface area contributed by atoms with Crippen molar-refractivity contribution in [1.29, 1.82) is 0 Å². The minimum Gasteiger partial charge on any atom is -1.00 e. The number of piperidine rings is 1. The number of hydrogen-bond donors (Lipinski definition) is 2. The van der Waals surface area contributed by atoms with E-state index in [1.165, 1.54) is 11.1 Å². The predicted octanol–water partition coefficient (Wildman–Crippen LogP) is -0.289. The third-order valence-corrected chi connectivity index (χ3v) is 7.17. The van der Waals surface area contributed by atoms with E-state index < -0.39 is 0 Å². The Morgan fingerprint density at radius 2 is 2.20 bits per heavy atom. The van der Waals surface area contributed by atoms with E-state index in [1.807, 2.05) is 6.07 Å². The van der Waals surface area contributed by atoms with Crippen LogP contribution in [0.15, 0.2) is 41.1 Å². The van der Waals surface area contributed by atoms with Gasteiger partial charge < -0.3 is 38.9 Å². The van der Waals surface area contributed by atoms with Gasteiger partial charge in [0.25, 0.3) is 0 Å². The fraction of sp³-hybridized carbons (Fsp3) is 0.450. The molecule has 2 bridgehead atoms. The van der Waals surface area contributed by atoms with Crippen LogP contribution in [-0.4, -0.2) is 42.1 Å². The molecule has 1 aromatic carbocycles. The second kappa shape index (κ2) is 5.33. The molecule has 4 atom stereocenters. The molecule has 5 heteroatoms. The highest BCUT2D eigenvalue weighted by Crippen LogP contribution is 2.63. The molecule has 0 radical (unpaired) electrons. The van der Waals surface area contributed by atoms with Gasteiger partial charge in [0.05, 0.1) is 24.7 Å². The maximum absolute atomic E-state index is 12.1. The smallest absolute Gasteiger partial charge is 0.148 e. The van der Waals surface area contributed by atoms with Gasteiger partial charge in [0.15, 0.2) is 0 Å². The Hall–Kier alpha value is -1.34. The van der Waals surface area contributed by atoms with E-state index in [0.29, 0.717) is 6.04 Å². The zero-order chi connectivity index (χ0) is 16.7. The van der Waals surface area contributed by atoms with Crippen LogP contribution in [-0.2, 0) is 10.2 Å². The molecule has 132 valence electrons. The average molecular weight is 450 g/mol. The summed E-state index contributed by atoms with van der Waals surface area (Å²) in [6.45, 7) is 4.24. The summed E-state index contributed by atoms with van der Waals surface area (Å²) in [5.41, 5.74) is 5.23. The Balaban J connectivity index is 0.00000157. The number of phenolic OH excluding ortho intramolecular Hbond substituents is 1. The van der Waals surface area contributed by atoms with Gasteiger partial charge in [-0.15, -0.1) is 0 Å². The summed E-state index contributed by atoms with van der Waals surface area (Å²) in [5, 5.41) is 13.8. The highest BCUT2D eigenvalue weighted by Gasteiger charge is 2.67. The second-order valence-electron chi connectivity index (χ2n) is 8.02. The van der Waals surface area contributed by atoms with Gasteiger partial charge in [0.2, 0.25) is 0 Å². The molecule has 2 unspecified atom stereocenters. The number of para-hydroxylation sites is 1. The third kappa shape index (κ3) is 1.83. The summed E-state index contributed by atoms with van der Waals surface area (Å²) < 4.78 is 1.04. The van der Waals surface area contributed by atoms with Crippen molar-refractivity contribution in [2.75, 3.05) is 25.5 Å². The van der Waals surface area contributed by atoms with Gasteiger partial charge in [0, 0.05) is 30.0 Å². The molecule has 2 saturated heterocycles. The third-order valence-electron chi connectivity index (χ3n) is 7.17. The maximum atomic E-state index is 12.1. The second-order valence-corrected chi connectivity index (χ2v) is 8.02. The van der Waals surface area contributed by atoms with E-state index in [-0.39, 0.29) is 41.1 Å². The molecule has 0 saturated carbocycles. The molecule has 3 aliphatic heterocycles. The SMILES string of the molecule is C/C=C1/C[N+]2(C)CC[C@]34C(=C(C=O)[C@H]1CC32)Nc1c(O)cccc14.[I-]. The van der Waals surface area contributed by atoms with Crippen LogP contribution in [0.5, 0.6) is 5.75 Å². The van der Waals surface area contributed by atoms with Crippen LogP contribution in [0.2, 0.25) is 0 Å². The Morgan fingerprint density at radius 3 is 2.92 bits per heavy atom. The lowest BCUT2D eigenvalue weighted by Gasteiger charge is -2.51. The number of quaternary nitrogens is 1. The lowest BCUT2D eigenvalue weighted by Crippen LogP contribution is -3.00. The molecule has 0 aromatic heterocycles. The molecule has 2 N–H and O–H groups in total. The number of benzene rings is 1. The van der Waals surface area contributed by atoms with E-state index in [2.05, 4.69) is 31.4 Å². The predicted molar refractivity (Wildman–Crippen MR) is 92.7 cm³/mol. The number of allylic oxidation sites excluding steroid dienone is 2. The first-order chi connectivity index (χ1) is 11.5. The number of likely N-dealkylation sites (N-methyl/N-ethyl adjacent to an activating group) is 1. The number of halogens is 1. The fourth-order valence-corrected chi connectivity index (χ4v) is 6.12. The van der Waals surface area contributed by atoms with Gasteiger partial charge in [-0.2, -0.15) is 0 Å². The molecule has 1 spiro atoms. The van der Waals surface area contributed by atoms with Crippen LogP contribution in [0.25, 0.3) is 0 Å². The van der Waals surface area contributed by atoms with Gasteiger partial charge in [-0.3, -0.25) is 4.79 Å². The number of aldehydes is 1. The van der Waals surface area contributed by atoms with Crippen molar-refractivity contribution in [2.45, 2.75) is 31.2 Å². The van der Waals surface area contributed by atoms with E-state index >= 15 is 0 Å². The monoisotopic (exact) mass is 450 g/mol. The summed E-state index contributed by atoms with van der Waals surface area (Å²) in [7, 11) is 2.36. The quantitative estimate of drug-likeness (QED) is 0.203.